The number of alkyl halides is 3. The van der Waals surface area contributed by atoms with Gasteiger partial charge in [-0.2, -0.15) is 0 Å². The standard InChI is InChI=1S/C15H20F3NO/c1-3-12-13(9-14(12)19-4-2)10-5-7-11(8-6-10)20-15(16,17)18/h5-8,12-14,19H,3-4,9H2,1-2H3. The molecule has 1 aliphatic carbocycles. The van der Waals surface area contributed by atoms with Crippen LogP contribution in [0.25, 0.3) is 0 Å². The van der Waals surface area contributed by atoms with Crippen LogP contribution in [0.2, 0.25) is 0 Å². The average molecular weight is 287 g/mol. The molecular weight excluding hydrogens is 267 g/mol. The number of hydrogen-bond donors (Lipinski definition) is 1. The highest BCUT2D eigenvalue weighted by atomic mass is 19.4. The van der Waals surface area contributed by atoms with Crippen molar-refractivity contribution in [2.24, 2.45) is 5.92 Å². The summed E-state index contributed by atoms with van der Waals surface area (Å²) < 4.78 is 40.2. The van der Waals surface area contributed by atoms with E-state index < -0.39 is 6.36 Å². The highest BCUT2D eigenvalue weighted by Gasteiger charge is 2.39. The van der Waals surface area contributed by atoms with Crippen molar-refractivity contribution < 1.29 is 17.9 Å². The molecule has 0 saturated heterocycles. The zero-order valence-electron chi connectivity index (χ0n) is 11.7. The molecule has 0 radical (unpaired) electrons. The van der Waals surface area contributed by atoms with Crippen molar-refractivity contribution in [3.63, 3.8) is 0 Å². The lowest BCUT2D eigenvalue weighted by atomic mass is 9.65. The lowest BCUT2D eigenvalue weighted by Gasteiger charge is -2.45. The molecule has 5 heteroatoms. The Kier molecular flexibility index (Phi) is 4.58. The molecule has 3 unspecified atom stereocenters. The van der Waals surface area contributed by atoms with E-state index in [-0.39, 0.29) is 5.75 Å². The van der Waals surface area contributed by atoms with Gasteiger partial charge in [0.2, 0.25) is 0 Å². The van der Waals surface area contributed by atoms with Crippen molar-refractivity contribution in [2.45, 2.75) is 45.0 Å². The van der Waals surface area contributed by atoms with Gasteiger partial charge in [0, 0.05) is 6.04 Å². The minimum absolute atomic E-state index is 0.156. The topological polar surface area (TPSA) is 21.3 Å². The van der Waals surface area contributed by atoms with E-state index in [2.05, 4.69) is 23.9 Å². The van der Waals surface area contributed by atoms with Crippen LogP contribution in [0.15, 0.2) is 24.3 Å². The van der Waals surface area contributed by atoms with E-state index in [1.807, 2.05) is 0 Å². The summed E-state index contributed by atoms with van der Waals surface area (Å²) in [6.07, 6.45) is -2.50. The highest BCUT2D eigenvalue weighted by Crippen LogP contribution is 2.44. The van der Waals surface area contributed by atoms with Crippen LogP contribution in [0.4, 0.5) is 13.2 Å². The smallest absolute Gasteiger partial charge is 0.406 e. The van der Waals surface area contributed by atoms with Gasteiger partial charge in [-0.15, -0.1) is 13.2 Å². The lowest BCUT2D eigenvalue weighted by molar-refractivity contribution is -0.274. The van der Waals surface area contributed by atoms with Crippen LogP contribution in [0.3, 0.4) is 0 Å². The van der Waals surface area contributed by atoms with Gasteiger partial charge >= 0.3 is 6.36 Å². The van der Waals surface area contributed by atoms with Gasteiger partial charge in [0.1, 0.15) is 5.75 Å². The van der Waals surface area contributed by atoms with Crippen LogP contribution in [0.5, 0.6) is 5.75 Å². The summed E-state index contributed by atoms with van der Waals surface area (Å²) in [7, 11) is 0. The molecule has 1 aromatic rings. The monoisotopic (exact) mass is 287 g/mol. The van der Waals surface area contributed by atoms with Crippen molar-refractivity contribution in [1.29, 1.82) is 0 Å². The van der Waals surface area contributed by atoms with Crippen LogP contribution >= 0.6 is 0 Å². The lowest BCUT2D eigenvalue weighted by Crippen LogP contribution is -2.48. The minimum atomic E-state index is -4.62. The third kappa shape index (κ3) is 3.45. The Hall–Kier alpha value is -1.23. The molecule has 0 spiro atoms. The first-order chi connectivity index (χ1) is 9.44. The van der Waals surface area contributed by atoms with E-state index >= 15 is 0 Å². The molecule has 2 rings (SSSR count). The Morgan fingerprint density at radius 1 is 1.20 bits per heavy atom. The summed E-state index contributed by atoms with van der Waals surface area (Å²) in [6, 6.07) is 6.82. The van der Waals surface area contributed by atoms with E-state index in [1.54, 1.807) is 12.1 Å². The Labute approximate surface area is 117 Å². The summed E-state index contributed by atoms with van der Waals surface area (Å²) in [6.45, 7) is 5.19. The van der Waals surface area contributed by atoms with Crippen molar-refractivity contribution >= 4 is 0 Å². The molecule has 0 bridgehead atoms. The number of rotatable bonds is 5. The van der Waals surface area contributed by atoms with Crippen molar-refractivity contribution in [1.82, 2.24) is 5.32 Å². The van der Waals surface area contributed by atoms with Gasteiger partial charge in [-0.25, -0.2) is 0 Å². The average Bonchev–Trinajstić information content (AvgIpc) is 2.34. The largest absolute Gasteiger partial charge is 0.573 e. The number of halogens is 3. The SMILES string of the molecule is CCNC1CC(c2ccc(OC(F)(F)F)cc2)C1CC. The fourth-order valence-corrected chi connectivity index (χ4v) is 3.07. The van der Waals surface area contributed by atoms with E-state index in [1.165, 1.54) is 12.1 Å². The van der Waals surface area contributed by atoms with Gasteiger partial charge in [-0.3, -0.25) is 0 Å². The first-order valence-electron chi connectivity index (χ1n) is 7.03. The number of benzene rings is 1. The second kappa shape index (κ2) is 6.04. The summed E-state index contributed by atoms with van der Waals surface area (Å²) in [5.74, 6) is 0.838. The molecule has 0 aliphatic heterocycles. The molecular formula is C15H20F3NO. The third-order valence-corrected chi connectivity index (χ3v) is 4.02. The van der Waals surface area contributed by atoms with Gasteiger partial charge in [0.05, 0.1) is 0 Å². The summed E-state index contributed by atoms with van der Waals surface area (Å²) in [5.41, 5.74) is 1.10. The molecule has 1 N–H and O–H groups in total. The fraction of sp³-hybridized carbons (Fsp3) is 0.600. The van der Waals surface area contributed by atoms with Gasteiger partial charge in [-0.1, -0.05) is 32.4 Å². The van der Waals surface area contributed by atoms with Crippen molar-refractivity contribution in [3.8, 4) is 5.75 Å². The van der Waals surface area contributed by atoms with Crippen LogP contribution in [-0.4, -0.2) is 18.9 Å². The molecule has 0 amide bonds. The highest BCUT2D eigenvalue weighted by molar-refractivity contribution is 5.32. The summed E-state index contributed by atoms with van der Waals surface area (Å²) in [4.78, 5) is 0. The van der Waals surface area contributed by atoms with Crippen LogP contribution in [0, 0.1) is 5.92 Å². The van der Waals surface area contributed by atoms with Gasteiger partial charge < -0.3 is 10.1 Å². The van der Waals surface area contributed by atoms with Gasteiger partial charge in [0.15, 0.2) is 0 Å². The summed E-state index contributed by atoms with van der Waals surface area (Å²) in [5, 5.41) is 3.45. The Bertz CT molecular complexity index is 430. The van der Waals surface area contributed by atoms with Crippen LogP contribution in [0.1, 0.15) is 38.2 Å². The van der Waals surface area contributed by atoms with E-state index in [4.69, 9.17) is 0 Å². The number of hydrogen-bond acceptors (Lipinski definition) is 2. The van der Waals surface area contributed by atoms with E-state index in [0.29, 0.717) is 17.9 Å². The third-order valence-electron chi connectivity index (χ3n) is 4.02. The van der Waals surface area contributed by atoms with E-state index in [0.717, 1.165) is 24.9 Å². The molecule has 1 saturated carbocycles. The summed E-state index contributed by atoms with van der Waals surface area (Å²) >= 11 is 0. The number of nitrogens with one attached hydrogen (secondary N) is 1. The molecule has 0 heterocycles. The first-order valence-corrected chi connectivity index (χ1v) is 7.03. The zero-order chi connectivity index (χ0) is 14.8. The second-order valence-corrected chi connectivity index (χ2v) is 5.20. The zero-order valence-corrected chi connectivity index (χ0v) is 11.7. The predicted octanol–water partition coefficient (Wildman–Crippen LogP) is 4.08. The molecule has 1 aliphatic rings. The minimum Gasteiger partial charge on any atom is -0.406 e. The second-order valence-electron chi connectivity index (χ2n) is 5.20. The van der Waals surface area contributed by atoms with Gasteiger partial charge in [0.25, 0.3) is 0 Å². The maximum atomic E-state index is 12.1. The molecule has 2 nitrogen and oxygen atoms in total. The molecule has 1 fully saturated rings. The van der Waals surface area contributed by atoms with Gasteiger partial charge in [-0.05, 0) is 42.5 Å². The molecule has 112 valence electrons. The Morgan fingerprint density at radius 2 is 1.85 bits per heavy atom. The van der Waals surface area contributed by atoms with Crippen molar-refractivity contribution in [2.75, 3.05) is 6.54 Å². The van der Waals surface area contributed by atoms with Crippen LogP contribution < -0.4 is 10.1 Å². The molecule has 20 heavy (non-hydrogen) atoms. The fourth-order valence-electron chi connectivity index (χ4n) is 3.07. The molecule has 3 atom stereocenters. The Balaban J connectivity index is 2.00. The molecule has 1 aromatic carbocycles. The maximum Gasteiger partial charge on any atom is 0.573 e. The first kappa shape index (κ1) is 15.2. The van der Waals surface area contributed by atoms with Crippen molar-refractivity contribution in [3.05, 3.63) is 29.8 Å². The van der Waals surface area contributed by atoms with Crippen LogP contribution in [-0.2, 0) is 0 Å². The Morgan fingerprint density at radius 3 is 2.35 bits per heavy atom. The number of ether oxygens (including phenoxy) is 1. The normalized spacial score (nSPS) is 26.1. The predicted molar refractivity (Wildman–Crippen MR) is 71.7 cm³/mol. The maximum absolute atomic E-state index is 12.1. The van der Waals surface area contributed by atoms with E-state index in [9.17, 15) is 13.2 Å². The quantitative estimate of drug-likeness (QED) is 0.881. The molecule has 0 aromatic heterocycles.